The van der Waals surface area contributed by atoms with E-state index < -0.39 is 0 Å². The van der Waals surface area contributed by atoms with Gasteiger partial charge in [0, 0.05) is 11.6 Å². The van der Waals surface area contributed by atoms with E-state index in [4.69, 9.17) is 9.47 Å². The van der Waals surface area contributed by atoms with E-state index in [2.05, 4.69) is 50.3 Å². The molecule has 0 aromatic heterocycles. The number of likely N-dealkylation sites (N-methyl/N-ethyl adjacent to an activating group) is 2. The Balaban J connectivity index is 3.24. The van der Waals surface area contributed by atoms with Gasteiger partial charge in [0.05, 0.1) is 20.3 Å². The molecule has 0 radical (unpaired) electrons. The number of hydrogen-bond donors (Lipinski definition) is 1. The molecule has 108 valence electrons. The monoisotopic (exact) mass is 266 g/mol. The van der Waals surface area contributed by atoms with Gasteiger partial charge in [0.1, 0.15) is 11.5 Å². The molecule has 1 atom stereocenters. The predicted molar refractivity (Wildman–Crippen MR) is 79.1 cm³/mol. The average Bonchev–Trinajstić information content (AvgIpc) is 2.38. The van der Waals surface area contributed by atoms with Crippen molar-refractivity contribution in [2.45, 2.75) is 25.4 Å². The summed E-state index contributed by atoms with van der Waals surface area (Å²) in [5.74, 6) is 1.62. The zero-order chi connectivity index (χ0) is 14.6. The van der Waals surface area contributed by atoms with Crippen molar-refractivity contribution in [2.24, 2.45) is 0 Å². The van der Waals surface area contributed by atoms with Gasteiger partial charge in [-0.15, -0.1) is 0 Å². The van der Waals surface area contributed by atoms with Crippen LogP contribution in [0.25, 0.3) is 0 Å². The van der Waals surface area contributed by atoms with Crippen LogP contribution < -0.4 is 14.8 Å². The van der Waals surface area contributed by atoms with Crippen molar-refractivity contribution in [2.75, 3.05) is 35.4 Å². The number of rotatable bonds is 6. The minimum atomic E-state index is -0.0356. The lowest BCUT2D eigenvalue weighted by Gasteiger charge is -2.40. The summed E-state index contributed by atoms with van der Waals surface area (Å²) in [6.45, 7) is 4.42. The Bertz CT molecular complexity index is 394. The van der Waals surface area contributed by atoms with Crippen molar-refractivity contribution < 1.29 is 9.47 Å². The van der Waals surface area contributed by atoms with Gasteiger partial charge in [-0.2, -0.15) is 0 Å². The van der Waals surface area contributed by atoms with Crippen LogP contribution in [-0.4, -0.2) is 45.8 Å². The first kappa shape index (κ1) is 15.8. The predicted octanol–water partition coefficient (Wildman–Crippen LogP) is 2.30. The van der Waals surface area contributed by atoms with Crippen molar-refractivity contribution in [1.29, 1.82) is 0 Å². The Morgan fingerprint density at radius 2 is 1.53 bits per heavy atom. The number of methoxy groups -OCH3 is 2. The number of ether oxygens (including phenoxy) is 2. The van der Waals surface area contributed by atoms with Gasteiger partial charge in [0.25, 0.3) is 0 Å². The maximum absolute atomic E-state index is 5.34. The van der Waals surface area contributed by atoms with Crippen LogP contribution in [-0.2, 0) is 0 Å². The Morgan fingerprint density at radius 1 is 1.05 bits per heavy atom. The summed E-state index contributed by atoms with van der Waals surface area (Å²) in [7, 11) is 9.49. The Labute approximate surface area is 116 Å². The molecule has 0 aliphatic rings. The lowest BCUT2D eigenvalue weighted by Crippen LogP contribution is -2.48. The van der Waals surface area contributed by atoms with Crippen molar-refractivity contribution in [3.63, 3.8) is 0 Å². The highest BCUT2D eigenvalue weighted by Gasteiger charge is 2.32. The number of benzene rings is 1. The molecule has 0 amide bonds. The molecule has 1 aromatic rings. The van der Waals surface area contributed by atoms with Crippen LogP contribution in [0.4, 0.5) is 0 Å². The van der Waals surface area contributed by atoms with Crippen LogP contribution >= 0.6 is 0 Å². The van der Waals surface area contributed by atoms with Gasteiger partial charge in [0.15, 0.2) is 0 Å². The first-order valence-corrected chi connectivity index (χ1v) is 6.44. The van der Waals surface area contributed by atoms with Gasteiger partial charge in [-0.1, -0.05) is 0 Å². The average molecular weight is 266 g/mol. The molecule has 0 saturated carbocycles. The second kappa shape index (κ2) is 6.26. The second-order valence-electron chi connectivity index (χ2n) is 5.42. The summed E-state index contributed by atoms with van der Waals surface area (Å²) >= 11 is 0. The Hall–Kier alpha value is -1.26. The van der Waals surface area contributed by atoms with Gasteiger partial charge in [-0.25, -0.2) is 0 Å². The molecule has 0 fully saturated rings. The highest BCUT2D eigenvalue weighted by Crippen LogP contribution is 2.33. The molecule has 19 heavy (non-hydrogen) atoms. The summed E-state index contributed by atoms with van der Waals surface area (Å²) in [5.41, 5.74) is 1.11. The van der Waals surface area contributed by atoms with Crippen LogP contribution in [0.3, 0.4) is 0 Å². The van der Waals surface area contributed by atoms with Crippen LogP contribution in [0.1, 0.15) is 25.5 Å². The quantitative estimate of drug-likeness (QED) is 0.856. The zero-order valence-corrected chi connectivity index (χ0v) is 13.1. The molecule has 1 rings (SSSR count). The molecule has 0 aliphatic carbocycles. The highest BCUT2D eigenvalue weighted by molar-refractivity contribution is 5.40. The van der Waals surface area contributed by atoms with E-state index in [1.54, 1.807) is 14.2 Å². The lowest BCUT2D eigenvalue weighted by molar-refractivity contribution is 0.142. The molecular formula is C15H26N2O2. The van der Waals surface area contributed by atoms with Crippen molar-refractivity contribution in [3.8, 4) is 11.5 Å². The van der Waals surface area contributed by atoms with E-state index in [0.717, 1.165) is 17.1 Å². The van der Waals surface area contributed by atoms with Gasteiger partial charge >= 0.3 is 0 Å². The van der Waals surface area contributed by atoms with Gasteiger partial charge in [-0.3, -0.25) is 0 Å². The van der Waals surface area contributed by atoms with Crippen molar-refractivity contribution in [1.82, 2.24) is 10.2 Å². The van der Waals surface area contributed by atoms with E-state index in [1.807, 2.05) is 13.1 Å². The van der Waals surface area contributed by atoms with Crippen LogP contribution in [0.2, 0.25) is 0 Å². The molecule has 1 unspecified atom stereocenters. The summed E-state index contributed by atoms with van der Waals surface area (Å²) in [6.07, 6.45) is 0. The van der Waals surface area contributed by atoms with Crippen LogP contribution in [0.5, 0.6) is 11.5 Å². The first-order chi connectivity index (χ1) is 8.86. The topological polar surface area (TPSA) is 33.7 Å². The molecule has 1 aromatic carbocycles. The minimum absolute atomic E-state index is 0.0356. The zero-order valence-electron chi connectivity index (χ0n) is 13.1. The highest BCUT2D eigenvalue weighted by atomic mass is 16.5. The van der Waals surface area contributed by atoms with Crippen LogP contribution in [0.15, 0.2) is 18.2 Å². The number of nitrogens with zero attached hydrogens (tertiary/aromatic N) is 1. The van der Waals surface area contributed by atoms with Gasteiger partial charge in [-0.05, 0) is 52.7 Å². The summed E-state index contributed by atoms with van der Waals surface area (Å²) < 4.78 is 10.7. The smallest absolute Gasteiger partial charge is 0.122 e. The molecular weight excluding hydrogens is 240 g/mol. The Morgan fingerprint density at radius 3 is 1.84 bits per heavy atom. The number of hydrogen-bond acceptors (Lipinski definition) is 4. The number of nitrogens with one attached hydrogen (secondary N) is 1. The minimum Gasteiger partial charge on any atom is -0.497 e. The van der Waals surface area contributed by atoms with E-state index in [-0.39, 0.29) is 11.6 Å². The third kappa shape index (κ3) is 3.39. The molecule has 0 bridgehead atoms. The maximum atomic E-state index is 5.34. The molecule has 0 spiro atoms. The summed E-state index contributed by atoms with van der Waals surface area (Å²) in [4.78, 5) is 2.21. The van der Waals surface area contributed by atoms with Crippen LogP contribution in [0, 0.1) is 0 Å². The fraction of sp³-hybridized carbons (Fsp3) is 0.600. The standard InChI is InChI=1S/C15H26N2O2/c1-15(2,17(4)5)14(16-3)11-8-12(18-6)10-13(9-11)19-7/h8-10,14,16H,1-7H3. The van der Waals surface area contributed by atoms with Gasteiger partial charge < -0.3 is 19.7 Å². The first-order valence-electron chi connectivity index (χ1n) is 6.44. The molecule has 4 nitrogen and oxygen atoms in total. The third-order valence-corrected chi connectivity index (χ3v) is 3.85. The second-order valence-corrected chi connectivity index (χ2v) is 5.42. The van der Waals surface area contributed by atoms with E-state index >= 15 is 0 Å². The molecule has 0 saturated heterocycles. The molecule has 4 heteroatoms. The SMILES string of the molecule is CNC(c1cc(OC)cc(OC)c1)C(C)(C)N(C)C. The Kier molecular flexibility index (Phi) is 5.20. The molecule has 1 N–H and O–H groups in total. The largest absolute Gasteiger partial charge is 0.497 e. The van der Waals surface area contributed by atoms with E-state index in [0.29, 0.717) is 0 Å². The normalized spacial score (nSPS) is 13.5. The van der Waals surface area contributed by atoms with E-state index in [1.165, 1.54) is 0 Å². The van der Waals surface area contributed by atoms with E-state index in [9.17, 15) is 0 Å². The maximum Gasteiger partial charge on any atom is 0.122 e. The van der Waals surface area contributed by atoms with Gasteiger partial charge in [0.2, 0.25) is 0 Å². The lowest BCUT2D eigenvalue weighted by atomic mass is 9.87. The fourth-order valence-corrected chi connectivity index (χ4v) is 2.18. The summed E-state index contributed by atoms with van der Waals surface area (Å²) in [6, 6.07) is 6.16. The molecule has 0 aliphatic heterocycles. The van der Waals surface area contributed by atoms with Crippen molar-refractivity contribution in [3.05, 3.63) is 23.8 Å². The third-order valence-electron chi connectivity index (χ3n) is 3.85. The molecule has 0 heterocycles. The van der Waals surface area contributed by atoms with Crippen molar-refractivity contribution >= 4 is 0 Å². The summed E-state index contributed by atoms with van der Waals surface area (Å²) in [5, 5.41) is 3.39. The fourth-order valence-electron chi connectivity index (χ4n) is 2.18.